The molecule has 1 heterocycles. The number of rotatable bonds is 9. The predicted molar refractivity (Wildman–Crippen MR) is 135 cm³/mol. The van der Waals surface area contributed by atoms with Crippen molar-refractivity contribution in [1.82, 2.24) is 10.2 Å². The highest BCUT2D eigenvalue weighted by atomic mass is 35.5. The second kappa shape index (κ2) is 12.0. The highest BCUT2D eigenvalue weighted by Gasteiger charge is 2.26. The van der Waals surface area contributed by atoms with Crippen LogP contribution in [0.15, 0.2) is 48.5 Å². The summed E-state index contributed by atoms with van der Waals surface area (Å²) in [5.74, 6) is -0.955. The van der Waals surface area contributed by atoms with Gasteiger partial charge in [-0.2, -0.15) is 0 Å². The molecular formula is C26H33ClN4O3. The van der Waals surface area contributed by atoms with Gasteiger partial charge in [-0.25, -0.2) is 0 Å². The summed E-state index contributed by atoms with van der Waals surface area (Å²) in [7, 11) is 0. The molecule has 0 saturated carbocycles. The minimum absolute atomic E-state index is 0.00303. The lowest BCUT2D eigenvalue weighted by Gasteiger charge is -2.30. The van der Waals surface area contributed by atoms with Crippen LogP contribution in [-0.2, 0) is 16.0 Å². The number of carbonyl (C=O) groups is 3. The summed E-state index contributed by atoms with van der Waals surface area (Å²) >= 11 is 6.12. The Kier molecular flexibility index (Phi) is 9.07. The van der Waals surface area contributed by atoms with Crippen molar-refractivity contribution in [2.24, 2.45) is 17.6 Å². The van der Waals surface area contributed by atoms with Crippen molar-refractivity contribution in [3.05, 3.63) is 64.7 Å². The van der Waals surface area contributed by atoms with E-state index in [9.17, 15) is 14.4 Å². The maximum atomic E-state index is 12.9. The molecule has 0 radical (unpaired) electrons. The number of primary amides is 1. The third-order valence-electron chi connectivity index (χ3n) is 6.28. The topological polar surface area (TPSA) is 105 Å². The van der Waals surface area contributed by atoms with Gasteiger partial charge in [-0.05, 0) is 68.1 Å². The Morgan fingerprint density at radius 3 is 2.29 bits per heavy atom. The van der Waals surface area contributed by atoms with E-state index in [-0.39, 0.29) is 29.6 Å². The van der Waals surface area contributed by atoms with Crippen LogP contribution in [0.25, 0.3) is 0 Å². The SMILES string of the molecule is CC(C)C(NC(=O)c1ccccc1Cl)C(=O)Nc1ccc(CCN2CCC(C(N)=O)CC2)cc1. The van der Waals surface area contributed by atoms with Crippen LogP contribution in [0.4, 0.5) is 5.69 Å². The molecule has 2 aromatic rings. The molecule has 34 heavy (non-hydrogen) atoms. The summed E-state index contributed by atoms with van der Waals surface area (Å²) < 4.78 is 0. The number of nitrogens with two attached hydrogens (primary N) is 1. The first kappa shape index (κ1) is 25.7. The Labute approximate surface area is 206 Å². The smallest absolute Gasteiger partial charge is 0.253 e. The number of amides is 3. The van der Waals surface area contributed by atoms with Gasteiger partial charge in [0.05, 0.1) is 10.6 Å². The molecule has 1 unspecified atom stereocenters. The van der Waals surface area contributed by atoms with Crippen molar-refractivity contribution in [1.29, 1.82) is 0 Å². The summed E-state index contributed by atoms with van der Waals surface area (Å²) in [6, 6.07) is 13.8. The van der Waals surface area contributed by atoms with Crippen LogP contribution in [0.3, 0.4) is 0 Å². The molecule has 0 spiro atoms. The van der Waals surface area contributed by atoms with Gasteiger partial charge < -0.3 is 21.3 Å². The van der Waals surface area contributed by atoms with Gasteiger partial charge in [-0.15, -0.1) is 0 Å². The lowest BCUT2D eigenvalue weighted by molar-refractivity contribution is -0.123. The second-order valence-corrected chi connectivity index (χ2v) is 9.54. The highest BCUT2D eigenvalue weighted by Crippen LogP contribution is 2.19. The van der Waals surface area contributed by atoms with Gasteiger partial charge in [0.25, 0.3) is 5.91 Å². The van der Waals surface area contributed by atoms with Crippen molar-refractivity contribution in [2.75, 3.05) is 25.0 Å². The van der Waals surface area contributed by atoms with Gasteiger partial charge in [0.1, 0.15) is 6.04 Å². The van der Waals surface area contributed by atoms with Gasteiger partial charge in [0, 0.05) is 18.2 Å². The minimum atomic E-state index is -0.702. The number of hydrogen-bond donors (Lipinski definition) is 3. The number of nitrogens with one attached hydrogen (secondary N) is 2. The van der Waals surface area contributed by atoms with E-state index in [0.29, 0.717) is 16.3 Å². The summed E-state index contributed by atoms with van der Waals surface area (Å²) in [5, 5.41) is 6.05. The van der Waals surface area contributed by atoms with E-state index in [2.05, 4.69) is 15.5 Å². The largest absolute Gasteiger partial charge is 0.369 e. The third kappa shape index (κ3) is 7.05. The molecule has 0 aliphatic carbocycles. The first-order valence-corrected chi connectivity index (χ1v) is 12.1. The number of carbonyl (C=O) groups excluding carboxylic acids is 3. The Bertz CT molecular complexity index is 1000. The standard InChI is InChI=1S/C26H33ClN4O3/c1-17(2)23(30-25(33)21-5-3-4-6-22(21)27)26(34)29-20-9-7-18(8-10-20)11-14-31-15-12-19(13-16-31)24(28)32/h3-10,17,19,23H,11-16H2,1-2H3,(H2,28,32)(H,29,34)(H,30,33). The second-order valence-electron chi connectivity index (χ2n) is 9.13. The van der Waals surface area contributed by atoms with Gasteiger partial charge in [0.15, 0.2) is 0 Å². The Morgan fingerprint density at radius 1 is 1.06 bits per heavy atom. The number of likely N-dealkylation sites (tertiary alicyclic amines) is 1. The molecule has 0 bridgehead atoms. The fourth-order valence-corrected chi connectivity index (χ4v) is 4.32. The number of nitrogens with zero attached hydrogens (tertiary/aromatic N) is 1. The van der Waals surface area contributed by atoms with Gasteiger partial charge in [0.2, 0.25) is 11.8 Å². The molecule has 4 N–H and O–H groups in total. The van der Waals surface area contributed by atoms with Crippen molar-refractivity contribution >= 4 is 35.0 Å². The van der Waals surface area contributed by atoms with Crippen LogP contribution < -0.4 is 16.4 Å². The van der Waals surface area contributed by atoms with Crippen molar-refractivity contribution in [3.63, 3.8) is 0 Å². The fraction of sp³-hybridized carbons (Fsp3) is 0.423. The molecule has 1 atom stereocenters. The lowest BCUT2D eigenvalue weighted by Crippen LogP contribution is -2.47. The quantitative estimate of drug-likeness (QED) is 0.506. The van der Waals surface area contributed by atoms with E-state index in [1.807, 2.05) is 38.1 Å². The molecule has 0 aromatic heterocycles. The number of piperidine rings is 1. The van der Waals surface area contributed by atoms with Crippen LogP contribution in [0.1, 0.15) is 42.6 Å². The molecule has 8 heteroatoms. The molecule has 1 aliphatic heterocycles. The van der Waals surface area contributed by atoms with E-state index in [1.165, 1.54) is 5.56 Å². The van der Waals surface area contributed by atoms with Crippen LogP contribution in [-0.4, -0.2) is 48.3 Å². The summed E-state index contributed by atoms with van der Waals surface area (Å²) in [4.78, 5) is 39.2. The monoisotopic (exact) mass is 484 g/mol. The molecule has 3 amide bonds. The first-order chi connectivity index (χ1) is 16.2. The van der Waals surface area contributed by atoms with E-state index in [4.69, 9.17) is 17.3 Å². The molecule has 1 aliphatic rings. The molecule has 7 nitrogen and oxygen atoms in total. The van der Waals surface area contributed by atoms with E-state index in [0.717, 1.165) is 38.9 Å². The minimum Gasteiger partial charge on any atom is -0.369 e. The maximum Gasteiger partial charge on any atom is 0.253 e. The molecule has 1 saturated heterocycles. The molecule has 1 fully saturated rings. The van der Waals surface area contributed by atoms with Gasteiger partial charge in [-0.1, -0.05) is 49.7 Å². The Balaban J connectivity index is 1.52. The molecular weight excluding hydrogens is 452 g/mol. The van der Waals surface area contributed by atoms with Gasteiger partial charge in [-0.3, -0.25) is 14.4 Å². The average Bonchev–Trinajstić information content (AvgIpc) is 2.82. The predicted octanol–water partition coefficient (Wildman–Crippen LogP) is 3.47. The number of anilines is 1. The van der Waals surface area contributed by atoms with E-state index in [1.54, 1.807) is 24.3 Å². The average molecular weight is 485 g/mol. The number of benzene rings is 2. The first-order valence-electron chi connectivity index (χ1n) is 11.7. The van der Waals surface area contributed by atoms with Crippen LogP contribution in [0.5, 0.6) is 0 Å². The zero-order chi connectivity index (χ0) is 24.7. The molecule has 182 valence electrons. The molecule has 2 aromatic carbocycles. The fourth-order valence-electron chi connectivity index (χ4n) is 4.10. The maximum absolute atomic E-state index is 12.9. The normalized spacial score (nSPS) is 15.6. The zero-order valence-electron chi connectivity index (χ0n) is 19.7. The number of hydrogen-bond acceptors (Lipinski definition) is 4. The highest BCUT2D eigenvalue weighted by molar-refractivity contribution is 6.33. The summed E-state index contributed by atoms with van der Waals surface area (Å²) in [6.45, 7) is 6.45. The van der Waals surface area contributed by atoms with Crippen LogP contribution >= 0.6 is 11.6 Å². The summed E-state index contributed by atoms with van der Waals surface area (Å²) in [6.07, 6.45) is 2.53. The van der Waals surface area contributed by atoms with E-state index >= 15 is 0 Å². The van der Waals surface area contributed by atoms with Crippen LogP contribution in [0.2, 0.25) is 5.02 Å². The lowest BCUT2D eigenvalue weighted by atomic mass is 9.96. The summed E-state index contributed by atoms with van der Waals surface area (Å²) in [5.41, 5.74) is 7.59. The molecule has 3 rings (SSSR count). The van der Waals surface area contributed by atoms with E-state index < -0.39 is 6.04 Å². The van der Waals surface area contributed by atoms with Crippen molar-refractivity contribution in [2.45, 2.75) is 39.2 Å². The Hall–Kier alpha value is -2.90. The zero-order valence-corrected chi connectivity index (χ0v) is 20.5. The van der Waals surface area contributed by atoms with Crippen LogP contribution in [0, 0.1) is 11.8 Å². The number of halogens is 1. The van der Waals surface area contributed by atoms with Crippen molar-refractivity contribution < 1.29 is 14.4 Å². The van der Waals surface area contributed by atoms with Crippen molar-refractivity contribution in [3.8, 4) is 0 Å². The van der Waals surface area contributed by atoms with Gasteiger partial charge >= 0.3 is 0 Å². The Morgan fingerprint density at radius 2 is 1.71 bits per heavy atom. The third-order valence-corrected chi connectivity index (χ3v) is 6.61.